The summed E-state index contributed by atoms with van der Waals surface area (Å²) in [6, 6.07) is 14.3. The van der Waals surface area contributed by atoms with Crippen LogP contribution in [0.3, 0.4) is 0 Å². The lowest BCUT2D eigenvalue weighted by molar-refractivity contribution is 0.102. The van der Waals surface area contributed by atoms with Crippen LogP contribution in [0.15, 0.2) is 65.3 Å². The molecular weight excluding hydrogens is 403 g/mol. The lowest BCUT2D eigenvalue weighted by Crippen LogP contribution is -2.14. The van der Waals surface area contributed by atoms with Crippen LogP contribution in [0.1, 0.15) is 10.4 Å². The Labute approximate surface area is 157 Å². The highest BCUT2D eigenvalue weighted by atomic mass is 79.9. The van der Waals surface area contributed by atoms with E-state index in [1.807, 2.05) is 0 Å². The van der Waals surface area contributed by atoms with Crippen molar-refractivity contribution in [2.45, 2.75) is 0 Å². The van der Waals surface area contributed by atoms with Gasteiger partial charge in [0.05, 0.1) is 12.7 Å². The van der Waals surface area contributed by atoms with Gasteiger partial charge in [-0.1, -0.05) is 15.9 Å². The number of methoxy groups -OCH3 is 1. The van der Waals surface area contributed by atoms with E-state index in [0.29, 0.717) is 21.7 Å². The number of benzene rings is 2. The monoisotopic (exact) mass is 416 g/mol. The van der Waals surface area contributed by atoms with Gasteiger partial charge in [-0.2, -0.15) is 0 Å². The molecule has 0 radical (unpaired) electrons. The van der Waals surface area contributed by atoms with Crippen molar-refractivity contribution in [2.75, 3.05) is 12.4 Å². The molecule has 0 atom stereocenters. The predicted molar refractivity (Wildman–Crippen MR) is 99.4 cm³/mol. The quantitative estimate of drug-likeness (QED) is 0.632. The Morgan fingerprint density at radius 1 is 1.12 bits per heavy atom. The van der Waals surface area contributed by atoms with Crippen LogP contribution in [0.2, 0.25) is 0 Å². The van der Waals surface area contributed by atoms with Crippen LogP contribution >= 0.6 is 15.9 Å². The second kappa shape index (κ2) is 7.97. The van der Waals surface area contributed by atoms with Gasteiger partial charge in [0.25, 0.3) is 5.91 Å². The Morgan fingerprint density at radius 3 is 2.58 bits per heavy atom. The summed E-state index contributed by atoms with van der Waals surface area (Å²) < 4.78 is 25.3. The molecule has 0 aliphatic heterocycles. The van der Waals surface area contributed by atoms with Crippen molar-refractivity contribution in [1.29, 1.82) is 0 Å². The highest BCUT2D eigenvalue weighted by molar-refractivity contribution is 9.10. The number of anilines is 1. The summed E-state index contributed by atoms with van der Waals surface area (Å²) in [6.45, 7) is 0. The van der Waals surface area contributed by atoms with Gasteiger partial charge >= 0.3 is 0 Å². The van der Waals surface area contributed by atoms with Gasteiger partial charge in [-0.15, -0.1) is 0 Å². The summed E-state index contributed by atoms with van der Waals surface area (Å²) in [5, 5.41) is 2.63. The number of carbonyl (C=O) groups is 1. The van der Waals surface area contributed by atoms with Crippen molar-refractivity contribution in [3.63, 3.8) is 0 Å². The van der Waals surface area contributed by atoms with Gasteiger partial charge in [-0.25, -0.2) is 9.37 Å². The molecule has 1 aromatic heterocycles. The standard InChI is InChI=1S/C19H14BrFN2O3/c1-25-13-5-7-14(8-6-13)26-19-17(3-2-10-22-19)23-18(24)15-11-12(20)4-9-16(15)21/h2-11H,1H3,(H,23,24). The minimum absolute atomic E-state index is 0.0846. The van der Waals surface area contributed by atoms with Gasteiger partial charge in [0.1, 0.15) is 23.0 Å². The maximum absolute atomic E-state index is 13.9. The number of nitrogens with zero attached hydrogens (tertiary/aromatic N) is 1. The van der Waals surface area contributed by atoms with Gasteiger partial charge < -0.3 is 14.8 Å². The summed E-state index contributed by atoms with van der Waals surface area (Å²) >= 11 is 3.23. The van der Waals surface area contributed by atoms with Crippen molar-refractivity contribution >= 4 is 27.5 Å². The van der Waals surface area contributed by atoms with Crippen molar-refractivity contribution in [3.8, 4) is 17.4 Å². The first kappa shape index (κ1) is 17.9. The van der Waals surface area contributed by atoms with E-state index in [1.165, 1.54) is 24.4 Å². The Kier molecular flexibility index (Phi) is 5.48. The largest absolute Gasteiger partial charge is 0.497 e. The normalized spacial score (nSPS) is 10.3. The fourth-order valence-corrected chi connectivity index (χ4v) is 2.54. The minimum atomic E-state index is -0.618. The summed E-state index contributed by atoms with van der Waals surface area (Å²) in [5.41, 5.74) is 0.242. The molecule has 0 saturated heterocycles. The summed E-state index contributed by atoms with van der Waals surface area (Å²) in [4.78, 5) is 16.5. The molecule has 0 aliphatic rings. The zero-order chi connectivity index (χ0) is 18.5. The number of rotatable bonds is 5. The van der Waals surface area contributed by atoms with E-state index in [0.717, 1.165) is 0 Å². The first-order valence-electron chi connectivity index (χ1n) is 7.60. The maximum Gasteiger partial charge on any atom is 0.258 e. The third-order valence-electron chi connectivity index (χ3n) is 3.47. The minimum Gasteiger partial charge on any atom is -0.497 e. The molecule has 1 N–H and O–H groups in total. The van der Waals surface area contributed by atoms with Crippen LogP contribution in [0, 0.1) is 5.82 Å². The highest BCUT2D eigenvalue weighted by Gasteiger charge is 2.15. The topological polar surface area (TPSA) is 60.5 Å². The molecule has 1 heterocycles. The molecule has 0 unspecified atom stereocenters. The summed E-state index contributed by atoms with van der Waals surface area (Å²) in [5.74, 6) is 0.190. The third-order valence-corrected chi connectivity index (χ3v) is 3.96. The van der Waals surface area contributed by atoms with Crippen molar-refractivity contribution < 1.29 is 18.7 Å². The zero-order valence-corrected chi connectivity index (χ0v) is 15.3. The molecule has 3 aromatic rings. The van der Waals surface area contributed by atoms with E-state index in [-0.39, 0.29) is 11.4 Å². The molecule has 0 aliphatic carbocycles. The zero-order valence-electron chi connectivity index (χ0n) is 13.7. The smallest absolute Gasteiger partial charge is 0.258 e. The number of ether oxygens (including phenoxy) is 2. The van der Waals surface area contributed by atoms with E-state index in [1.54, 1.807) is 43.5 Å². The lowest BCUT2D eigenvalue weighted by atomic mass is 10.2. The Morgan fingerprint density at radius 2 is 1.85 bits per heavy atom. The first-order valence-corrected chi connectivity index (χ1v) is 8.39. The van der Waals surface area contributed by atoms with Crippen LogP contribution in [0.5, 0.6) is 17.4 Å². The summed E-state index contributed by atoms with van der Waals surface area (Å²) in [7, 11) is 1.57. The highest BCUT2D eigenvalue weighted by Crippen LogP contribution is 2.28. The number of halogens is 2. The van der Waals surface area contributed by atoms with Crippen LogP contribution in [0.25, 0.3) is 0 Å². The van der Waals surface area contributed by atoms with Gasteiger partial charge in [0.15, 0.2) is 0 Å². The Hall–Kier alpha value is -2.93. The number of aromatic nitrogens is 1. The Bertz CT molecular complexity index is 932. The average Bonchev–Trinajstić information content (AvgIpc) is 2.66. The second-order valence-electron chi connectivity index (χ2n) is 5.21. The van der Waals surface area contributed by atoms with Crippen LogP contribution in [-0.4, -0.2) is 18.0 Å². The van der Waals surface area contributed by atoms with Crippen molar-refractivity contribution in [3.05, 3.63) is 76.6 Å². The molecule has 0 saturated carbocycles. The molecule has 3 rings (SSSR count). The molecule has 0 fully saturated rings. The molecule has 1 amide bonds. The van der Waals surface area contributed by atoms with E-state index in [2.05, 4.69) is 26.2 Å². The van der Waals surface area contributed by atoms with E-state index >= 15 is 0 Å². The fourth-order valence-electron chi connectivity index (χ4n) is 2.18. The van der Waals surface area contributed by atoms with Crippen LogP contribution in [-0.2, 0) is 0 Å². The van der Waals surface area contributed by atoms with E-state index in [4.69, 9.17) is 9.47 Å². The third kappa shape index (κ3) is 4.18. The van der Waals surface area contributed by atoms with Crippen molar-refractivity contribution in [2.24, 2.45) is 0 Å². The van der Waals surface area contributed by atoms with Crippen LogP contribution in [0.4, 0.5) is 10.1 Å². The lowest BCUT2D eigenvalue weighted by Gasteiger charge is -2.12. The Balaban J connectivity index is 1.82. The van der Waals surface area contributed by atoms with E-state index < -0.39 is 11.7 Å². The molecule has 7 heteroatoms. The van der Waals surface area contributed by atoms with Gasteiger partial charge in [-0.05, 0) is 54.6 Å². The SMILES string of the molecule is COc1ccc(Oc2ncccc2NC(=O)c2cc(Br)ccc2F)cc1. The molecular formula is C19H14BrFN2O3. The summed E-state index contributed by atoms with van der Waals surface area (Å²) in [6.07, 6.45) is 1.54. The second-order valence-corrected chi connectivity index (χ2v) is 6.13. The predicted octanol–water partition coefficient (Wildman–Crippen LogP) is 5.04. The number of hydrogen-bond donors (Lipinski definition) is 1. The van der Waals surface area contributed by atoms with Crippen LogP contribution < -0.4 is 14.8 Å². The van der Waals surface area contributed by atoms with Gasteiger partial charge in [0.2, 0.25) is 5.88 Å². The molecule has 5 nitrogen and oxygen atoms in total. The fraction of sp³-hybridized carbons (Fsp3) is 0.0526. The van der Waals surface area contributed by atoms with Crippen molar-refractivity contribution in [1.82, 2.24) is 4.98 Å². The average molecular weight is 417 g/mol. The first-order chi connectivity index (χ1) is 12.6. The molecule has 132 valence electrons. The number of pyridine rings is 1. The number of nitrogens with one attached hydrogen (secondary N) is 1. The number of hydrogen-bond acceptors (Lipinski definition) is 4. The molecule has 0 spiro atoms. The molecule has 2 aromatic carbocycles. The van der Waals surface area contributed by atoms with Gasteiger partial charge in [-0.3, -0.25) is 4.79 Å². The number of amides is 1. The van der Waals surface area contributed by atoms with Gasteiger partial charge in [0, 0.05) is 10.7 Å². The molecule has 26 heavy (non-hydrogen) atoms. The van der Waals surface area contributed by atoms with E-state index in [9.17, 15) is 9.18 Å². The maximum atomic E-state index is 13.9. The molecule has 0 bridgehead atoms. The number of carbonyl (C=O) groups excluding carboxylic acids is 1.